The van der Waals surface area contributed by atoms with Gasteiger partial charge in [-0.15, -0.1) is 10.2 Å². The summed E-state index contributed by atoms with van der Waals surface area (Å²) in [7, 11) is -9.10. The molecular formula is C36H32N6O6S2. The van der Waals surface area contributed by atoms with Gasteiger partial charge in [-0.1, -0.05) is 74.5 Å². The number of rotatable bonds is 9. The maximum atomic E-state index is 12.1. The molecule has 0 unspecified atom stereocenters. The lowest BCUT2D eigenvalue weighted by Crippen LogP contribution is -2.01. The summed E-state index contributed by atoms with van der Waals surface area (Å²) in [6.45, 7) is 3.96. The number of benzene rings is 6. The summed E-state index contributed by atoms with van der Waals surface area (Å²) >= 11 is 0. The number of azo groups is 2. The Hall–Kier alpha value is -5.54. The van der Waals surface area contributed by atoms with E-state index in [9.17, 15) is 25.9 Å². The molecule has 14 heteroatoms. The van der Waals surface area contributed by atoms with Crippen molar-refractivity contribution < 1.29 is 25.9 Å². The van der Waals surface area contributed by atoms with E-state index in [1.165, 1.54) is 12.1 Å². The second-order valence-corrected chi connectivity index (χ2v) is 14.2. The van der Waals surface area contributed by atoms with Crippen LogP contribution < -0.4 is 11.5 Å². The van der Waals surface area contributed by atoms with Crippen LogP contribution in [-0.4, -0.2) is 25.9 Å². The number of aryl methyl sites for hydroxylation is 2. The van der Waals surface area contributed by atoms with Crippen LogP contribution in [0, 0.1) is 0 Å². The van der Waals surface area contributed by atoms with Gasteiger partial charge in [0.1, 0.15) is 21.2 Å². The second kappa shape index (κ2) is 13.4. The molecule has 6 aromatic rings. The summed E-state index contributed by atoms with van der Waals surface area (Å²) in [5.41, 5.74) is 18.1. The van der Waals surface area contributed by atoms with Gasteiger partial charge in [0.2, 0.25) is 0 Å². The van der Waals surface area contributed by atoms with Gasteiger partial charge in [-0.25, -0.2) is 0 Å². The fourth-order valence-electron chi connectivity index (χ4n) is 5.80. The summed E-state index contributed by atoms with van der Waals surface area (Å²) in [6.07, 6.45) is 1.24. The molecule has 0 bridgehead atoms. The highest BCUT2D eigenvalue weighted by molar-refractivity contribution is 7.86. The molecule has 0 spiro atoms. The predicted octanol–water partition coefficient (Wildman–Crippen LogP) is 9.27. The molecule has 6 aromatic carbocycles. The van der Waals surface area contributed by atoms with Crippen LogP contribution in [0.4, 0.5) is 34.1 Å². The minimum absolute atomic E-state index is 0.111. The van der Waals surface area contributed by atoms with E-state index < -0.39 is 20.2 Å². The Morgan fingerprint density at radius 1 is 0.500 bits per heavy atom. The van der Waals surface area contributed by atoms with E-state index in [-0.39, 0.29) is 43.3 Å². The molecule has 0 saturated heterocycles. The molecule has 254 valence electrons. The SMILES string of the molecule is CCc1cc(-c2ccc(N=Nc3cc(S(=O)(=O)O)c4ccccc4c3N)c(CC)c2)ccc1N=Nc1cc(S(=O)(=O)O)c2ccccc2c1N. The van der Waals surface area contributed by atoms with E-state index >= 15 is 0 Å². The van der Waals surface area contributed by atoms with Crippen LogP contribution in [0.2, 0.25) is 0 Å². The van der Waals surface area contributed by atoms with Crippen molar-refractivity contribution in [3.8, 4) is 11.1 Å². The molecule has 0 fully saturated rings. The zero-order valence-corrected chi connectivity index (χ0v) is 28.6. The number of hydrogen-bond acceptors (Lipinski definition) is 10. The molecule has 6 rings (SSSR count). The summed E-state index contributed by atoms with van der Waals surface area (Å²) in [6, 6.07) is 27.0. The largest absolute Gasteiger partial charge is 0.396 e. The van der Waals surface area contributed by atoms with E-state index in [2.05, 4.69) is 20.5 Å². The van der Waals surface area contributed by atoms with Crippen LogP contribution in [-0.2, 0) is 33.1 Å². The van der Waals surface area contributed by atoms with Crippen LogP contribution in [0.15, 0.2) is 127 Å². The first-order chi connectivity index (χ1) is 23.8. The molecular weight excluding hydrogens is 677 g/mol. The monoisotopic (exact) mass is 708 g/mol. The van der Waals surface area contributed by atoms with Gasteiger partial charge in [-0.05, 0) is 71.5 Å². The van der Waals surface area contributed by atoms with Gasteiger partial charge in [0.15, 0.2) is 0 Å². The molecule has 50 heavy (non-hydrogen) atoms. The van der Waals surface area contributed by atoms with Gasteiger partial charge in [0.05, 0.1) is 22.7 Å². The lowest BCUT2D eigenvalue weighted by molar-refractivity contribution is 0.482. The number of nitrogen functional groups attached to an aromatic ring is 2. The van der Waals surface area contributed by atoms with Gasteiger partial charge < -0.3 is 11.5 Å². The van der Waals surface area contributed by atoms with Crippen LogP contribution >= 0.6 is 0 Å². The Balaban J connectivity index is 1.32. The first kappa shape index (κ1) is 34.3. The quantitative estimate of drug-likeness (QED) is 0.0644. The van der Waals surface area contributed by atoms with E-state index in [4.69, 9.17) is 11.5 Å². The summed E-state index contributed by atoms with van der Waals surface area (Å²) in [5, 5.41) is 18.8. The first-order valence-electron chi connectivity index (χ1n) is 15.5. The van der Waals surface area contributed by atoms with Crippen molar-refractivity contribution in [2.75, 3.05) is 11.5 Å². The molecule has 6 N–H and O–H groups in total. The Kier molecular flexibility index (Phi) is 9.20. The van der Waals surface area contributed by atoms with Crippen molar-refractivity contribution in [3.05, 3.63) is 108 Å². The van der Waals surface area contributed by atoms with Crippen LogP contribution in [0.25, 0.3) is 32.7 Å². The molecule has 0 heterocycles. The Morgan fingerprint density at radius 2 is 0.840 bits per heavy atom. The summed E-state index contributed by atoms with van der Waals surface area (Å²) in [4.78, 5) is -0.610. The van der Waals surface area contributed by atoms with Gasteiger partial charge in [0, 0.05) is 21.5 Å². The average molecular weight is 709 g/mol. The molecule has 0 atom stereocenters. The average Bonchev–Trinajstić information content (AvgIpc) is 3.10. The molecule has 0 aliphatic heterocycles. The zero-order chi connectivity index (χ0) is 35.8. The van der Waals surface area contributed by atoms with E-state index in [1.54, 1.807) is 48.5 Å². The molecule has 0 radical (unpaired) electrons. The van der Waals surface area contributed by atoms with Crippen LogP contribution in [0.5, 0.6) is 0 Å². The van der Waals surface area contributed by atoms with Crippen molar-refractivity contribution in [3.63, 3.8) is 0 Å². The van der Waals surface area contributed by atoms with Crippen molar-refractivity contribution in [1.82, 2.24) is 0 Å². The molecule has 0 aliphatic rings. The highest BCUT2D eigenvalue weighted by Crippen LogP contribution is 2.39. The third-order valence-corrected chi connectivity index (χ3v) is 10.2. The molecule has 0 saturated carbocycles. The van der Waals surface area contributed by atoms with Crippen molar-refractivity contribution in [1.29, 1.82) is 0 Å². The maximum Gasteiger partial charge on any atom is 0.295 e. The Labute approximate surface area is 288 Å². The third kappa shape index (κ3) is 6.69. The lowest BCUT2D eigenvalue weighted by atomic mass is 9.98. The molecule has 12 nitrogen and oxygen atoms in total. The summed E-state index contributed by atoms with van der Waals surface area (Å²) < 4.78 is 68.2. The van der Waals surface area contributed by atoms with Gasteiger partial charge >= 0.3 is 0 Å². The minimum atomic E-state index is -4.55. The molecule has 0 aromatic heterocycles. The fraction of sp³-hybridized carbons (Fsp3) is 0.111. The molecule has 0 amide bonds. The summed E-state index contributed by atoms with van der Waals surface area (Å²) in [5.74, 6) is 0. The lowest BCUT2D eigenvalue weighted by Gasteiger charge is -2.11. The van der Waals surface area contributed by atoms with Crippen LogP contribution in [0.1, 0.15) is 25.0 Å². The van der Waals surface area contributed by atoms with Crippen molar-refractivity contribution in [2.24, 2.45) is 20.5 Å². The predicted molar refractivity (Wildman–Crippen MR) is 195 cm³/mol. The highest BCUT2D eigenvalue weighted by Gasteiger charge is 2.20. The fourth-order valence-corrected chi connectivity index (χ4v) is 7.23. The highest BCUT2D eigenvalue weighted by atomic mass is 32.2. The van der Waals surface area contributed by atoms with E-state index in [0.29, 0.717) is 35.0 Å². The smallest absolute Gasteiger partial charge is 0.295 e. The maximum absolute atomic E-state index is 12.1. The van der Waals surface area contributed by atoms with Crippen LogP contribution in [0.3, 0.4) is 0 Å². The van der Waals surface area contributed by atoms with Crippen molar-refractivity contribution >= 4 is 75.9 Å². The Morgan fingerprint density at radius 3 is 1.18 bits per heavy atom. The standard InChI is InChI=1S/C36H32N6O6S2/c1-3-21-17-23(13-15-29(21)39-41-31-19-33(49(43,44)45)25-9-5-7-11-27(25)35(31)37)24-14-16-30(22(4-2)18-24)40-42-32-20-34(50(46,47)48)26-10-6-8-12-28(26)36(32)38/h5-20H,3-4,37-38H2,1-2H3,(H,43,44,45)(H,46,47,48). The number of nitrogens with zero attached hydrogens (tertiary/aromatic N) is 4. The van der Waals surface area contributed by atoms with E-state index in [1.807, 2.05) is 50.2 Å². The zero-order valence-electron chi connectivity index (χ0n) is 26.9. The Bertz CT molecular complexity index is 2420. The third-order valence-electron chi connectivity index (χ3n) is 8.39. The normalized spacial score (nSPS) is 12.5. The van der Waals surface area contributed by atoms with Gasteiger partial charge in [-0.3, -0.25) is 9.11 Å². The first-order valence-corrected chi connectivity index (χ1v) is 18.3. The minimum Gasteiger partial charge on any atom is -0.396 e. The second-order valence-electron chi connectivity index (χ2n) is 11.5. The number of fused-ring (bicyclic) bond motifs is 2. The van der Waals surface area contributed by atoms with E-state index in [0.717, 1.165) is 22.3 Å². The number of nitrogens with two attached hydrogens (primary N) is 2. The van der Waals surface area contributed by atoms with Gasteiger partial charge in [-0.2, -0.15) is 27.1 Å². The topological polar surface area (TPSA) is 210 Å². The van der Waals surface area contributed by atoms with Gasteiger partial charge in [0.25, 0.3) is 20.2 Å². The molecule has 0 aliphatic carbocycles. The number of anilines is 2. The van der Waals surface area contributed by atoms with Crippen molar-refractivity contribution in [2.45, 2.75) is 36.5 Å². The number of hydrogen-bond donors (Lipinski definition) is 4.